The number of carbonyl (C=O) groups excluding carboxylic acids is 2. The molecule has 0 saturated carbocycles. The van der Waals surface area contributed by atoms with Crippen LogP contribution in [-0.4, -0.2) is 81.6 Å². The summed E-state index contributed by atoms with van der Waals surface area (Å²) in [7, 11) is -3.13. The Kier molecular flexibility index (Phi) is 8.79. The van der Waals surface area contributed by atoms with Gasteiger partial charge in [0.1, 0.15) is 0 Å². The lowest BCUT2D eigenvalue weighted by Crippen LogP contribution is -2.50. The summed E-state index contributed by atoms with van der Waals surface area (Å²) in [6.45, 7) is 4.82. The second kappa shape index (κ2) is 9.19. The number of amides is 1. The van der Waals surface area contributed by atoms with Crippen molar-refractivity contribution < 1.29 is 22.7 Å². The van der Waals surface area contributed by atoms with Crippen LogP contribution < -0.4 is 5.32 Å². The number of hydrogen-bond donors (Lipinski definition) is 1. The van der Waals surface area contributed by atoms with Gasteiger partial charge in [0, 0.05) is 39.3 Å². The fourth-order valence-corrected chi connectivity index (χ4v) is 2.71. The standard InChI is InChI=1S/C11H21N3O5S.ClH/c1-3-19-11(16)10(15)12-4-5-13-6-8-14(9-7-13)20(2,17)18;/h3-9H2,1-2H3,(H,12,15);1H. The number of nitrogens with zero attached hydrogens (tertiary/aromatic N) is 2. The average molecular weight is 344 g/mol. The summed E-state index contributed by atoms with van der Waals surface area (Å²) < 4.78 is 28.7. The Bertz CT molecular complexity index is 449. The van der Waals surface area contributed by atoms with Gasteiger partial charge in [-0.25, -0.2) is 13.2 Å². The van der Waals surface area contributed by atoms with Gasteiger partial charge in [0.15, 0.2) is 0 Å². The van der Waals surface area contributed by atoms with E-state index in [2.05, 4.69) is 10.1 Å². The molecule has 1 amide bonds. The van der Waals surface area contributed by atoms with Gasteiger partial charge in [-0.15, -0.1) is 12.4 Å². The molecule has 0 aromatic carbocycles. The van der Waals surface area contributed by atoms with Gasteiger partial charge in [-0.3, -0.25) is 9.69 Å². The van der Waals surface area contributed by atoms with E-state index in [1.807, 2.05) is 4.90 Å². The van der Waals surface area contributed by atoms with Crippen LogP contribution in [0, 0.1) is 0 Å². The second-order valence-electron chi connectivity index (χ2n) is 4.48. The van der Waals surface area contributed by atoms with Crippen LogP contribution in [0.25, 0.3) is 0 Å². The topological polar surface area (TPSA) is 96.0 Å². The Balaban J connectivity index is 0.00000400. The maximum Gasteiger partial charge on any atom is 0.396 e. The zero-order valence-corrected chi connectivity index (χ0v) is 13.8. The lowest BCUT2D eigenvalue weighted by atomic mass is 10.3. The van der Waals surface area contributed by atoms with Crippen molar-refractivity contribution in [1.29, 1.82) is 0 Å². The van der Waals surface area contributed by atoms with Crippen LogP contribution in [0.15, 0.2) is 0 Å². The van der Waals surface area contributed by atoms with Gasteiger partial charge in [-0.2, -0.15) is 4.31 Å². The number of ether oxygens (including phenoxy) is 1. The zero-order valence-electron chi connectivity index (χ0n) is 12.2. The first-order chi connectivity index (χ1) is 9.34. The first-order valence-corrected chi connectivity index (χ1v) is 8.32. The molecule has 1 aliphatic rings. The number of carbonyl (C=O) groups is 2. The van der Waals surface area contributed by atoms with E-state index >= 15 is 0 Å². The van der Waals surface area contributed by atoms with Crippen molar-refractivity contribution >= 4 is 34.3 Å². The Labute approximate surface area is 131 Å². The molecule has 10 heteroatoms. The van der Waals surface area contributed by atoms with E-state index in [1.165, 1.54) is 10.6 Å². The molecule has 0 atom stereocenters. The molecular weight excluding hydrogens is 322 g/mol. The Hall–Kier alpha value is -0.900. The van der Waals surface area contributed by atoms with Crippen molar-refractivity contribution in [3.8, 4) is 0 Å². The van der Waals surface area contributed by atoms with Gasteiger partial charge in [0.2, 0.25) is 10.0 Å². The van der Waals surface area contributed by atoms with E-state index in [0.717, 1.165) is 0 Å². The fourth-order valence-electron chi connectivity index (χ4n) is 1.88. The maximum absolute atomic E-state index is 11.3. The van der Waals surface area contributed by atoms with Gasteiger partial charge < -0.3 is 10.1 Å². The lowest BCUT2D eigenvalue weighted by molar-refractivity contribution is -0.154. The van der Waals surface area contributed by atoms with E-state index in [0.29, 0.717) is 39.3 Å². The van der Waals surface area contributed by atoms with Gasteiger partial charge in [-0.1, -0.05) is 0 Å². The smallest absolute Gasteiger partial charge is 0.396 e. The van der Waals surface area contributed by atoms with Crippen molar-refractivity contribution in [3.05, 3.63) is 0 Å². The molecule has 1 heterocycles. The lowest BCUT2D eigenvalue weighted by Gasteiger charge is -2.33. The summed E-state index contributed by atoms with van der Waals surface area (Å²) in [4.78, 5) is 24.4. The molecule has 1 saturated heterocycles. The second-order valence-corrected chi connectivity index (χ2v) is 6.46. The van der Waals surface area contributed by atoms with Crippen LogP contribution >= 0.6 is 12.4 Å². The molecule has 0 unspecified atom stereocenters. The highest BCUT2D eigenvalue weighted by Gasteiger charge is 2.23. The summed E-state index contributed by atoms with van der Waals surface area (Å²) in [5.41, 5.74) is 0. The number of halogens is 1. The monoisotopic (exact) mass is 343 g/mol. The van der Waals surface area contributed by atoms with Crippen molar-refractivity contribution in [2.45, 2.75) is 6.92 Å². The Morgan fingerprint density at radius 1 is 1.19 bits per heavy atom. The highest BCUT2D eigenvalue weighted by molar-refractivity contribution is 7.88. The molecule has 0 aliphatic carbocycles. The highest BCUT2D eigenvalue weighted by Crippen LogP contribution is 2.05. The Morgan fingerprint density at radius 2 is 1.76 bits per heavy atom. The molecule has 1 fully saturated rings. The van der Waals surface area contributed by atoms with Crippen molar-refractivity contribution in [1.82, 2.24) is 14.5 Å². The summed E-state index contributed by atoms with van der Waals surface area (Å²) in [6, 6.07) is 0. The average Bonchev–Trinajstić information content (AvgIpc) is 2.38. The molecule has 0 aromatic rings. The molecule has 0 aromatic heterocycles. The van der Waals surface area contributed by atoms with Gasteiger partial charge in [0.25, 0.3) is 0 Å². The molecule has 1 rings (SSSR count). The van der Waals surface area contributed by atoms with E-state index in [1.54, 1.807) is 6.92 Å². The van der Waals surface area contributed by atoms with Crippen molar-refractivity contribution in [3.63, 3.8) is 0 Å². The first kappa shape index (κ1) is 20.1. The third-order valence-corrected chi connectivity index (χ3v) is 4.28. The minimum atomic E-state index is -3.13. The molecule has 0 spiro atoms. The summed E-state index contributed by atoms with van der Waals surface area (Å²) >= 11 is 0. The SMILES string of the molecule is CCOC(=O)C(=O)NCCN1CCN(S(C)(=O)=O)CC1.Cl. The summed E-state index contributed by atoms with van der Waals surface area (Å²) in [5, 5.41) is 2.47. The largest absolute Gasteiger partial charge is 0.459 e. The molecule has 21 heavy (non-hydrogen) atoms. The van der Waals surface area contributed by atoms with Crippen LogP contribution in [0.1, 0.15) is 6.92 Å². The summed E-state index contributed by atoms with van der Waals surface area (Å²) in [5.74, 6) is -1.63. The fraction of sp³-hybridized carbons (Fsp3) is 0.818. The molecule has 0 radical (unpaired) electrons. The predicted molar refractivity (Wildman–Crippen MR) is 79.7 cm³/mol. The van der Waals surface area contributed by atoms with Gasteiger partial charge in [-0.05, 0) is 6.92 Å². The van der Waals surface area contributed by atoms with Gasteiger partial charge in [0.05, 0.1) is 12.9 Å². The van der Waals surface area contributed by atoms with Gasteiger partial charge >= 0.3 is 11.9 Å². The number of nitrogens with one attached hydrogen (secondary N) is 1. The van der Waals surface area contributed by atoms with Crippen molar-refractivity contribution in [2.24, 2.45) is 0 Å². The molecule has 0 bridgehead atoms. The van der Waals surface area contributed by atoms with Crippen LogP contribution in [0.5, 0.6) is 0 Å². The van der Waals surface area contributed by atoms with E-state index in [-0.39, 0.29) is 19.0 Å². The normalized spacial score (nSPS) is 16.9. The minimum Gasteiger partial charge on any atom is -0.459 e. The quantitative estimate of drug-likeness (QED) is 0.490. The van der Waals surface area contributed by atoms with Crippen LogP contribution in [-0.2, 0) is 24.3 Å². The first-order valence-electron chi connectivity index (χ1n) is 6.47. The van der Waals surface area contributed by atoms with Crippen LogP contribution in [0.3, 0.4) is 0 Å². The Morgan fingerprint density at radius 3 is 2.24 bits per heavy atom. The zero-order chi connectivity index (χ0) is 15.2. The summed E-state index contributed by atoms with van der Waals surface area (Å²) in [6.07, 6.45) is 1.20. The predicted octanol–water partition coefficient (Wildman–Crippen LogP) is -1.34. The third kappa shape index (κ3) is 7.07. The number of hydrogen-bond acceptors (Lipinski definition) is 6. The molecule has 8 nitrogen and oxygen atoms in total. The van der Waals surface area contributed by atoms with Crippen LogP contribution in [0.2, 0.25) is 0 Å². The highest BCUT2D eigenvalue weighted by atomic mass is 35.5. The van der Waals surface area contributed by atoms with Crippen molar-refractivity contribution in [2.75, 3.05) is 52.1 Å². The van der Waals surface area contributed by atoms with Crippen LogP contribution in [0.4, 0.5) is 0 Å². The molecule has 1 N–H and O–H groups in total. The number of piperazine rings is 1. The number of rotatable bonds is 5. The number of esters is 1. The molecular formula is C11H22ClN3O5S. The molecule has 124 valence electrons. The maximum atomic E-state index is 11.3. The van der Waals surface area contributed by atoms with E-state index in [4.69, 9.17) is 0 Å². The molecule has 1 aliphatic heterocycles. The minimum absolute atomic E-state index is 0. The van der Waals surface area contributed by atoms with E-state index < -0.39 is 21.9 Å². The third-order valence-electron chi connectivity index (χ3n) is 2.97. The number of sulfonamides is 1. The van der Waals surface area contributed by atoms with E-state index in [9.17, 15) is 18.0 Å².